The molecule has 2 aromatic rings. The van der Waals surface area contributed by atoms with E-state index in [1.165, 1.54) is 0 Å². The molecule has 0 atom stereocenters. The van der Waals surface area contributed by atoms with E-state index in [1.54, 1.807) is 23.4 Å². The van der Waals surface area contributed by atoms with Gasteiger partial charge < -0.3 is 9.80 Å². The molecule has 3 rings (SSSR count). The molecular weight excluding hydrogens is 403 g/mol. The van der Waals surface area contributed by atoms with Crippen molar-refractivity contribution in [3.63, 3.8) is 0 Å². The van der Waals surface area contributed by atoms with Crippen molar-refractivity contribution in [3.8, 4) is 0 Å². The Bertz CT molecular complexity index is 718. The molecule has 1 aliphatic heterocycles. The zero-order chi connectivity index (χ0) is 16.4. The molecule has 8 heteroatoms. The van der Waals surface area contributed by atoms with Crippen LogP contribution >= 0.6 is 39.1 Å². The number of amides is 1. The summed E-state index contributed by atoms with van der Waals surface area (Å²) in [5.74, 6) is 0.760. The normalized spacial score (nSPS) is 14.9. The van der Waals surface area contributed by atoms with Gasteiger partial charge in [-0.15, -0.1) is 0 Å². The first kappa shape index (κ1) is 16.5. The fourth-order valence-electron chi connectivity index (χ4n) is 2.44. The van der Waals surface area contributed by atoms with E-state index in [0.717, 1.165) is 10.3 Å². The first-order valence-electron chi connectivity index (χ1n) is 7.01. The highest BCUT2D eigenvalue weighted by Crippen LogP contribution is 2.21. The summed E-state index contributed by atoms with van der Waals surface area (Å²) in [5, 5.41) is 0.833. The van der Waals surface area contributed by atoms with Crippen molar-refractivity contribution in [1.82, 2.24) is 14.9 Å². The molecular formula is C15H13BrCl2N4O. The second-order valence-corrected chi connectivity index (χ2v) is 6.82. The Kier molecular flexibility index (Phi) is 5.04. The minimum atomic E-state index is -0.104. The molecule has 120 valence electrons. The van der Waals surface area contributed by atoms with Crippen molar-refractivity contribution in [2.45, 2.75) is 0 Å². The molecule has 5 nitrogen and oxygen atoms in total. The van der Waals surface area contributed by atoms with Crippen LogP contribution in [0.3, 0.4) is 0 Å². The van der Waals surface area contributed by atoms with E-state index in [2.05, 4.69) is 30.8 Å². The van der Waals surface area contributed by atoms with Gasteiger partial charge in [-0.1, -0.05) is 23.2 Å². The molecule has 0 bridgehead atoms. The van der Waals surface area contributed by atoms with Crippen LogP contribution in [-0.2, 0) is 0 Å². The summed E-state index contributed by atoms with van der Waals surface area (Å²) >= 11 is 15.2. The molecule has 23 heavy (non-hydrogen) atoms. The lowest BCUT2D eigenvalue weighted by atomic mass is 10.2. The Morgan fingerprint density at radius 2 is 1.83 bits per heavy atom. The smallest absolute Gasteiger partial charge is 0.257 e. The largest absolute Gasteiger partial charge is 0.353 e. The van der Waals surface area contributed by atoms with E-state index < -0.39 is 0 Å². The average Bonchev–Trinajstić information content (AvgIpc) is 2.57. The van der Waals surface area contributed by atoms with Crippen LogP contribution < -0.4 is 4.90 Å². The maximum Gasteiger partial charge on any atom is 0.257 e. The summed E-state index contributed by atoms with van der Waals surface area (Å²) in [6, 6.07) is 5.40. The van der Waals surface area contributed by atoms with Gasteiger partial charge in [0.25, 0.3) is 5.91 Å². The Labute approximate surface area is 152 Å². The topological polar surface area (TPSA) is 49.3 Å². The van der Waals surface area contributed by atoms with Gasteiger partial charge in [0.15, 0.2) is 0 Å². The minimum Gasteiger partial charge on any atom is -0.353 e. The lowest BCUT2D eigenvalue weighted by molar-refractivity contribution is 0.0746. The molecule has 1 amide bonds. The van der Waals surface area contributed by atoms with E-state index in [9.17, 15) is 4.79 Å². The second kappa shape index (κ2) is 7.03. The predicted molar refractivity (Wildman–Crippen MR) is 94.3 cm³/mol. The zero-order valence-electron chi connectivity index (χ0n) is 12.0. The van der Waals surface area contributed by atoms with Crippen molar-refractivity contribution in [3.05, 3.63) is 50.8 Å². The summed E-state index contributed by atoms with van der Waals surface area (Å²) < 4.78 is 0.731. The van der Waals surface area contributed by atoms with Crippen LogP contribution in [-0.4, -0.2) is 47.0 Å². The fourth-order valence-corrected chi connectivity index (χ4v) is 3.06. The van der Waals surface area contributed by atoms with Gasteiger partial charge in [0, 0.05) is 43.0 Å². The summed E-state index contributed by atoms with van der Waals surface area (Å²) in [5.41, 5.74) is 0.416. The molecule has 1 saturated heterocycles. The molecule has 0 radical (unpaired) electrons. The standard InChI is InChI=1S/C15H13BrCl2N4O/c16-10-7-12(14(18)20-8-10)15(23)22-5-3-21(4-6-22)13-2-1-11(17)9-19-13/h1-2,7-9H,3-6H2. The fraction of sp³-hybridized carbons (Fsp3) is 0.267. The number of pyridine rings is 2. The van der Waals surface area contributed by atoms with E-state index in [1.807, 2.05) is 12.1 Å². The zero-order valence-corrected chi connectivity index (χ0v) is 15.1. The highest BCUT2D eigenvalue weighted by atomic mass is 79.9. The van der Waals surface area contributed by atoms with Gasteiger partial charge in [0.2, 0.25) is 0 Å². The van der Waals surface area contributed by atoms with Crippen molar-refractivity contribution in [2.24, 2.45) is 0 Å². The van der Waals surface area contributed by atoms with Crippen molar-refractivity contribution < 1.29 is 4.79 Å². The molecule has 0 spiro atoms. The second-order valence-electron chi connectivity index (χ2n) is 5.11. The van der Waals surface area contributed by atoms with Crippen LogP contribution in [0.2, 0.25) is 10.2 Å². The van der Waals surface area contributed by atoms with Gasteiger partial charge in [-0.25, -0.2) is 9.97 Å². The van der Waals surface area contributed by atoms with Crippen molar-refractivity contribution in [1.29, 1.82) is 0 Å². The number of nitrogens with zero attached hydrogens (tertiary/aromatic N) is 4. The number of carbonyl (C=O) groups excluding carboxylic acids is 1. The van der Waals surface area contributed by atoms with Crippen LogP contribution in [0.15, 0.2) is 35.1 Å². The Balaban J connectivity index is 1.67. The quantitative estimate of drug-likeness (QED) is 0.704. The van der Waals surface area contributed by atoms with Gasteiger partial charge in [-0.3, -0.25) is 4.79 Å². The molecule has 0 unspecified atom stereocenters. The number of rotatable bonds is 2. The molecule has 2 aromatic heterocycles. The summed E-state index contributed by atoms with van der Waals surface area (Å²) in [6.07, 6.45) is 3.20. The molecule has 0 N–H and O–H groups in total. The average molecular weight is 416 g/mol. The molecule has 0 aliphatic carbocycles. The third-order valence-corrected chi connectivity index (χ3v) is 4.60. The number of anilines is 1. The first-order valence-corrected chi connectivity index (χ1v) is 8.56. The number of piperazine rings is 1. The molecule has 0 aromatic carbocycles. The number of carbonyl (C=O) groups is 1. The molecule has 1 aliphatic rings. The Morgan fingerprint density at radius 3 is 2.48 bits per heavy atom. The highest BCUT2D eigenvalue weighted by Gasteiger charge is 2.24. The van der Waals surface area contributed by atoms with Gasteiger partial charge in [-0.2, -0.15) is 0 Å². The van der Waals surface area contributed by atoms with Crippen LogP contribution in [0.25, 0.3) is 0 Å². The monoisotopic (exact) mass is 414 g/mol. The maximum absolute atomic E-state index is 12.6. The summed E-state index contributed by atoms with van der Waals surface area (Å²) in [6.45, 7) is 2.62. The van der Waals surface area contributed by atoms with Crippen LogP contribution in [0.1, 0.15) is 10.4 Å². The SMILES string of the molecule is O=C(c1cc(Br)cnc1Cl)N1CCN(c2ccc(Cl)cn2)CC1. The van der Waals surface area contributed by atoms with Crippen LogP contribution in [0.5, 0.6) is 0 Å². The summed E-state index contributed by atoms with van der Waals surface area (Å²) in [7, 11) is 0. The highest BCUT2D eigenvalue weighted by molar-refractivity contribution is 9.10. The number of hydrogen-bond acceptors (Lipinski definition) is 4. The van der Waals surface area contributed by atoms with Gasteiger partial charge in [0.1, 0.15) is 11.0 Å². The number of hydrogen-bond donors (Lipinski definition) is 0. The van der Waals surface area contributed by atoms with E-state index in [4.69, 9.17) is 23.2 Å². The molecule has 0 saturated carbocycles. The first-order chi connectivity index (χ1) is 11.0. The third-order valence-electron chi connectivity index (χ3n) is 3.64. The van der Waals surface area contributed by atoms with Crippen LogP contribution in [0, 0.1) is 0 Å². The van der Waals surface area contributed by atoms with E-state index in [0.29, 0.717) is 36.8 Å². The predicted octanol–water partition coefficient (Wildman–Crippen LogP) is 3.51. The third kappa shape index (κ3) is 3.76. The van der Waals surface area contributed by atoms with Gasteiger partial charge in [-0.05, 0) is 34.1 Å². The minimum absolute atomic E-state index is 0.104. The van der Waals surface area contributed by atoms with E-state index >= 15 is 0 Å². The Morgan fingerprint density at radius 1 is 1.09 bits per heavy atom. The van der Waals surface area contributed by atoms with E-state index in [-0.39, 0.29) is 11.1 Å². The summed E-state index contributed by atoms with van der Waals surface area (Å²) in [4.78, 5) is 24.8. The number of aromatic nitrogens is 2. The molecule has 3 heterocycles. The van der Waals surface area contributed by atoms with Gasteiger partial charge >= 0.3 is 0 Å². The maximum atomic E-state index is 12.6. The van der Waals surface area contributed by atoms with Crippen molar-refractivity contribution >= 4 is 50.9 Å². The van der Waals surface area contributed by atoms with Gasteiger partial charge in [0.05, 0.1) is 10.6 Å². The lowest BCUT2D eigenvalue weighted by Crippen LogP contribution is -2.49. The van der Waals surface area contributed by atoms with Crippen LogP contribution in [0.4, 0.5) is 5.82 Å². The lowest BCUT2D eigenvalue weighted by Gasteiger charge is -2.35. The van der Waals surface area contributed by atoms with Crippen molar-refractivity contribution in [2.75, 3.05) is 31.1 Å². The molecule has 1 fully saturated rings. The Hall–Kier alpha value is -1.37. The number of halogens is 3.